The van der Waals surface area contributed by atoms with Gasteiger partial charge in [0.15, 0.2) is 5.84 Å². The summed E-state index contributed by atoms with van der Waals surface area (Å²) in [5.41, 5.74) is 5.32. The molecule has 0 saturated heterocycles. The van der Waals surface area contributed by atoms with Crippen molar-refractivity contribution in [1.82, 2.24) is 4.98 Å². The second kappa shape index (κ2) is 2.92. The van der Waals surface area contributed by atoms with Gasteiger partial charge < -0.3 is 5.73 Å². The van der Waals surface area contributed by atoms with E-state index in [1.54, 1.807) is 18.3 Å². The lowest BCUT2D eigenvalue weighted by molar-refractivity contribution is 0.106. The highest BCUT2D eigenvalue weighted by atomic mass is 16.1. The normalized spacial score (nSPS) is 9.09. The van der Waals surface area contributed by atoms with Gasteiger partial charge in [0, 0.05) is 18.0 Å². The summed E-state index contributed by atoms with van der Waals surface area (Å²) in [6.45, 7) is 0. The van der Waals surface area contributed by atoms with E-state index >= 15 is 0 Å². The van der Waals surface area contributed by atoms with Crippen molar-refractivity contribution in [2.75, 3.05) is 0 Å². The van der Waals surface area contributed by atoms with E-state index < -0.39 is 11.6 Å². The van der Waals surface area contributed by atoms with Gasteiger partial charge in [-0.2, -0.15) is 0 Å². The summed E-state index contributed by atoms with van der Waals surface area (Å²) in [5, 5.41) is 6.84. The maximum Gasteiger partial charge on any atom is 0.228 e. The first-order valence-corrected chi connectivity index (χ1v) is 3.00. The molecule has 56 valence electrons. The van der Waals surface area contributed by atoms with Gasteiger partial charge in [-0.15, -0.1) is 0 Å². The van der Waals surface area contributed by atoms with Crippen molar-refractivity contribution in [1.29, 1.82) is 5.41 Å². The lowest BCUT2D eigenvalue weighted by Gasteiger charge is -1.94. The first kappa shape index (κ1) is 7.40. The molecule has 0 aromatic carbocycles. The largest absolute Gasteiger partial charge is 0.381 e. The van der Waals surface area contributed by atoms with E-state index in [0.29, 0.717) is 5.56 Å². The van der Waals surface area contributed by atoms with Crippen LogP contribution in [0.15, 0.2) is 24.5 Å². The Morgan fingerprint density at radius 2 is 2.36 bits per heavy atom. The molecule has 1 rings (SSSR count). The van der Waals surface area contributed by atoms with Gasteiger partial charge in [0.1, 0.15) is 0 Å². The van der Waals surface area contributed by atoms with E-state index in [1.807, 2.05) is 0 Å². The van der Waals surface area contributed by atoms with Crippen LogP contribution in [-0.2, 0) is 0 Å². The molecule has 0 amide bonds. The first-order chi connectivity index (χ1) is 5.22. The van der Waals surface area contributed by atoms with Crippen LogP contribution >= 0.6 is 0 Å². The van der Waals surface area contributed by atoms with Gasteiger partial charge in [-0.3, -0.25) is 15.2 Å². The van der Waals surface area contributed by atoms with Crippen LogP contribution < -0.4 is 5.73 Å². The van der Waals surface area contributed by atoms with Gasteiger partial charge in [-0.1, -0.05) is 0 Å². The third-order valence-corrected chi connectivity index (χ3v) is 1.17. The molecule has 0 radical (unpaired) electrons. The summed E-state index contributed by atoms with van der Waals surface area (Å²) in [6, 6.07) is 3.19. The molecule has 4 nitrogen and oxygen atoms in total. The number of pyridine rings is 1. The summed E-state index contributed by atoms with van der Waals surface area (Å²) < 4.78 is 0. The Labute approximate surface area is 63.6 Å². The average molecular weight is 149 g/mol. The smallest absolute Gasteiger partial charge is 0.228 e. The topological polar surface area (TPSA) is 79.8 Å². The van der Waals surface area contributed by atoms with Crippen molar-refractivity contribution >= 4 is 11.6 Å². The van der Waals surface area contributed by atoms with Crippen molar-refractivity contribution in [3.63, 3.8) is 0 Å². The summed E-state index contributed by atoms with van der Waals surface area (Å²) in [5.74, 6) is -0.948. The Balaban J connectivity index is 2.95. The maximum atomic E-state index is 11.0. The lowest BCUT2D eigenvalue weighted by atomic mass is 10.2. The fourth-order valence-corrected chi connectivity index (χ4v) is 0.653. The van der Waals surface area contributed by atoms with E-state index in [9.17, 15) is 4.79 Å². The Morgan fingerprint density at radius 3 is 2.82 bits per heavy atom. The fraction of sp³-hybridized carbons (Fsp3) is 0. The predicted molar refractivity (Wildman–Crippen MR) is 40.5 cm³/mol. The van der Waals surface area contributed by atoms with Crippen LogP contribution in [0.25, 0.3) is 0 Å². The quantitative estimate of drug-likeness (QED) is 0.358. The highest BCUT2D eigenvalue weighted by Crippen LogP contribution is 1.95. The zero-order chi connectivity index (χ0) is 8.27. The molecule has 3 N–H and O–H groups in total. The van der Waals surface area contributed by atoms with Crippen molar-refractivity contribution < 1.29 is 4.79 Å². The van der Waals surface area contributed by atoms with Gasteiger partial charge in [-0.25, -0.2) is 0 Å². The molecule has 0 spiro atoms. The minimum absolute atomic E-state index is 0.347. The van der Waals surface area contributed by atoms with Crippen molar-refractivity contribution in [2.45, 2.75) is 0 Å². The Hall–Kier alpha value is -1.71. The molecule has 0 aliphatic carbocycles. The monoisotopic (exact) mass is 149 g/mol. The number of aromatic nitrogens is 1. The number of hydrogen-bond acceptors (Lipinski definition) is 3. The van der Waals surface area contributed by atoms with E-state index in [0.717, 1.165) is 0 Å². The van der Waals surface area contributed by atoms with Crippen LogP contribution in [0.1, 0.15) is 10.4 Å². The fourth-order valence-electron chi connectivity index (χ4n) is 0.653. The number of carbonyl (C=O) groups is 1. The summed E-state index contributed by atoms with van der Waals surface area (Å²) >= 11 is 0. The molecule has 0 fully saturated rings. The minimum atomic E-state index is -0.488. The summed E-state index contributed by atoms with van der Waals surface area (Å²) in [7, 11) is 0. The minimum Gasteiger partial charge on any atom is -0.381 e. The van der Waals surface area contributed by atoms with Crippen LogP contribution in [0.5, 0.6) is 0 Å². The summed E-state index contributed by atoms with van der Waals surface area (Å²) in [4.78, 5) is 14.7. The predicted octanol–water partition coefficient (Wildman–Crippen LogP) is 0.200. The number of nitrogens with zero attached hydrogens (tertiary/aromatic N) is 1. The molecule has 11 heavy (non-hydrogen) atoms. The molecule has 0 aliphatic rings. The Morgan fingerprint density at radius 1 is 1.64 bits per heavy atom. The maximum absolute atomic E-state index is 11.0. The third-order valence-electron chi connectivity index (χ3n) is 1.17. The number of nitrogens with one attached hydrogen (secondary N) is 1. The SMILES string of the molecule is N=C(N)C(=O)c1cccnc1. The first-order valence-electron chi connectivity index (χ1n) is 3.00. The highest BCUT2D eigenvalue weighted by Gasteiger charge is 2.06. The van der Waals surface area contributed by atoms with E-state index in [2.05, 4.69) is 4.98 Å². The van der Waals surface area contributed by atoms with Crippen molar-refractivity contribution in [3.05, 3.63) is 30.1 Å². The van der Waals surface area contributed by atoms with Crippen molar-refractivity contribution in [3.8, 4) is 0 Å². The van der Waals surface area contributed by atoms with E-state index in [4.69, 9.17) is 11.1 Å². The Bertz CT molecular complexity index is 281. The molecule has 0 unspecified atom stereocenters. The number of nitrogens with two attached hydrogens (primary N) is 1. The van der Waals surface area contributed by atoms with Gasteiger partial charge in [0.25, 0.3) is 0 Å². The second-order valence-corrected chi connectivity index (χ2v) is 1.98. The van der Waals surface area contributed by atoms with Crippen LogP contribution in [0.3, 0.4) is 0 Å². The van der Waals surface area contributed by atoms with Crippen LogP contribution in [0.2, 0.25) is 0 Å². The number of hydrogen-bond donors (Lipinski definition) is 2. The van der Waals surface area contributed by atoms with Crippen molar-refractivity contribution in [2.24, 2.45) is 5.73 Å². The van der Waals surface area contributed by atoms with Gasteiger partial charge in [0.05, 0.1) is 0 Å². The standard InChI is InChI=1S/C7H7N3O/c8-7(9)6(11)5-2-1-3-10-4-5/h1-4H,(H3,8,9). The van der Waals surface area contributed by atoms with Gasteiger partial charge in [-0.05, 0) is 12.1 Å². The number of rotatable bonds is 2. The molecule has 0 bridgehead atoms. The number of Topliss-reactive ketones (excluding diaryl/α,β-unsaturated/α-hetero) is 1. The number of carbonyl (C=O) groups excluding carboxylic acids is 1. The van der Waals surface area contributed by atoms with E-state index in [1.165, 1.54) is 6.20 Å². The van der Waals surface area contributed by atoms with E-state index in [-0.39, 0.29) is 0 Å². The Kier molecular flexibility index (Phi) is 1.96. The number of amidine groups is 1. The molecule has 1 aromatic heterocycles. The molecule has 0 saturated carbocycles. The molecule has 0 atom stereocenters. The zero-order valence-electron chi connectivity index (χ0n) is 5.74. The lowest BCUT2D eigenvalue weighted by Crippen LogP contribution is -2.22. The second-order valence-electron chi connectivity index (χ2n) is 1.98. The average Bonchev–Trinajstić information content (AvgIpc) is 2.05. The molecular weight excluding hydrogens is 142 g/mol. The van der Waals surface area contributed by atoms with Crippen LogP contribution in [0, 0.1) is 5.41 Å². The zero-order valence-corrected chi connectivity index (χ0v) is 5.74. The van der Waals surface area contributed by atoms with Gasteiger partial charge >= 0.3 is 0 Å². The molecular formula is C7H7N3O. The van der Waals surface area contributed by atoms with Gasteiger partial charge in [0.2, 0.25) is 5.78 Å². The molecule has 1 aromatic rings. The molecule has 0 aliphatic heterocycles. The summed E-state index contributed by atoms with van der Waals surface area (Å²) in [6.07, 6.45) is 2.93. The highest BCUT2D eigenvalue weighted by molar-refractivity contribution is 6.43. The molecule has 1 heterocycles. The third kappa shape index (κ3) is 1.61. The number of ketones is 1. The van der Waals surface area contributed by atoms with Crippen LogP contribution in [0.4, 0.5) is 0 Å². The molecule has 4 heteroatoms. The van der Waals surface area contributed by atoms with Crippen LogP contribution in [-0.4, -0.2) is 16.6 Å².